The van der Waals surface area contributed by atoms with Gasteiger partial charge >= 0.3 is 6.18 Å². The quantitative estimate of drug-likeness (QED) is 0.617. The van der Waals surface area contributed by atoms with Crippen LogP contribution in [0.3, 0.4) is 0 Å². The van der Waals surface area contributed by atoms with Crippen LogP contribution in [0.4, 0.5) is 22.0 Å². The lowest BCUT2D eigenvalue weighted by Gasteiger charge is -2.45. The fraction of sp³-hybridized carbons (Fsp3) is 0.435. The van der Waals surface area contributed by atoms with Gasteiger partial charge in [-0.1, -0.05) is 6.07 Å². The predicted octanol–water partition coefficient (Wildman–Crippen LogP) is 2.45. The molecular formula is C23H18F5N3O5. The first-order chi connectivity index (χ1) is 17.0. The summed E-state index contributed by atoms with van der Waals surface area (Å²) in [5.74, 6) is -5.32. The highest BCUT2D eigenvalue weighted by atomic mass is 19.4. The molecule has 1 unspecified atom stereocenters. The third-order valence-electron chi connectivity index (χ3n) is 7.50. The van der Waals surface area contributed by atoms with Crippen molar-refractivity contribution in [1.29, 1.82) is 0 Å². The van der Waals surface area contributed by atoms with Gasteiger partial charge in [0.15, 0.2) is 23.7 Å². The Bertz CT molecular complexity index is 1380. The van der Waals surface area contributed by atoms with Crippen molar-refractivity contribution in [3.05, 3.63) is 63.1 Å². The molecule has 8 nitrogen and oxygen atoms in total. The number of benzene rings is 1. The van der Waals surface area contributed by atoms with E-state index in [0.717, 1.165) is 17.2 Å². The van der Waals surface area contributed by atoms with E-state index in [1.165, 1.54) is 4.90 Å². The smallest absolute Gasteiger partial charge is 0.412 e. The number of aromatic hydroxyl groups is 1. The van der Waals surface area contributed by atoms with Crippen LogP contribution in [-0.2, 0) is 11.3 Å². The lowest BCUT2D eigenvalue weighted by molar-refractivity contribution is -0.155. The number of fused-ring (bicyclic) bond motifs is 8. The zero-order valence-corrected chi connectivity index (χ0v) is 18.3. The number of pyridine rings is 1. The minimum absolute atomic E-state index is 0.0236. The van der Waals surface area contributed by atoms with Gasteiger partial charge in [0, 0.05) is 23.9 Å². The second-order valence-corrected chi connectivity index (χ2v) is 9.54. The number of halogens is 5. The van der Waals surface area contributed by atoms with Crippen molar-refractivity contribution in [2.45, 2.75) is 50.0 Å². The Morgan fingerprint density at radius 3 is 2.61 bits per heavy atom. The highest BCUT2D eigenvalue weighted by Crippen LogP contribution is 2.58. The second kappa shape index (κ2) is 7.51. The van der Waals surface area contributed by atoms with E-state index in [9.17, 15) is 41.4 Å². The second-order valence-electron chi connectivity index (χ2n) is 9.54. The van der Waals surface area contributed by atoms with Crippen LogP contribution in [0.5, 0.6) is 5.75 Å². The molecule has 2 N–H and O–H groups in total. The molecular weight excluding hydrogens is 493 g/mol. The number of hydrogen-bond acceptors (Lipinski definition) is 5. The zero-order valence-electron chi connectivity index (χ0n) is 18.3. The molecule has 6 atom stereocenters. The first kappa shape index (κ1) is 23.0. The molecule has 190 valence electrons. The molecule has 2 aliphatic carbocycles. The van der Waals surface area contributed by atoms with Crippen molar-refractivity contribution in [3.8, 4) is 5.75 Å². The Morgan fingerprint density at radius 2 is 1.92 bits per heavy atom. The third-order valence-corrected chi connectivity index (χ3v) is 7.50. The van der Waals surface area contributed by atoms with Gasteiger partial charge in [0.2, 0.25) is 5.43 Å². The lowest BCUT2D eigenvalue weighted by atomic mass is 10.0. The molecule has 3 fully saturated rings. The van der Waals surface area contributed by atoms with Crippen LogP contribution in [0.15, 0.2) is 29.2 Å². The van der Waals surface area contributed by atoms with Crippen LogP contribution < -0.4 is 10.7 Å². The van der Waals surface area contributed by atoms with Crippen molar-refractivity contribution in [3.63, 3.8) is 0 Å². The summed E-state index contributed by atoms with van der Waals surface area (Å²) in [7, 11) is 0. The summed E-state index contributed by atoms with van der Waals surface area (Å²) in [5.41, 5.74) is -3.67. The molecule has 3 heterocycles. The number of alkyl halides is 3. The maximum atomic E-state index is 14.1. The number of carbonyl (C=O) groups excluding carboxylic acids is 2. The molecule has 2 bridgehead atoms. The van der Waals surface area contributed by atoms with Crippen molar-refractivity contribution >= 4 is 11.8 Å². The Balaban J connectivity index is 1.35. The van der Waals surface area contributed by atoms with Crippen LogP contribution in [0.25, 0.3) is 0 Å². The molecule has 0 spiro atoms. The highest BCUT2D eigenvalue weighted by Gasteiger charge is 2.63. The van der Waals surface area contributed by atoms with E-state index >= 15 is 0 Å². The molecule has 1 saturated heterocycles. The minimum Gasteiger partial charge on any atom is -0.503 e. The van der Waals surface area contributed by atoms with Crippen LogP contribution in [0.1, 0.15) is 45.3 Å². The fourth-order valence-corrected chi connectivity index (χ4v) is 5.81. The predicted molar refractivity (Wildman–Crippen MR) is 110 cm³/mol. The third kappa shape index (κ3) is 3.32. The number of ether oxygens (including phenoxy) is 1. The molecule has 2 saturated carbocycles. The maximum absolute atomic E-state index is 14.1. The average Bonchev–Trinajstić information content (AvgIpc) is 3.54. The van der Waals surface area contributed by atoms with Crippen molar-refractivity contribution in [2.75, 3.05) is 0 Å². The molecule has 36 heavy (non-hydrogen) atoms. The number of rotatable bonds is 3. The molecule has 4 aliphatic rings. The topological polar surface area (TPSA) is 101 Å². The van der Waals surface area contributed by atoms with Gasteiger partial charge in [-0.15, -0.1) is 0 Å². The Hall–Kier alpha value is -3.48. The minimum atomic E-state index is -5.20. The Morgan fingerprint density at radius 1 is 1.17 bits per heavy atom. The van der Waals surface area contributed by atoms with E-state index in [1.807, 2.05) is 0 Å². The van der Waals surface area contributed by atoms with E-state index in [0.29, 0.717) is 30.4 Å². The summed E-state index contributed by atoms with van der Waals surface area (Å²) in [6.45, 7) is -0.0447. The fourth-order valence-electron chi connectivity index (χ4n) is 5.81. The van der Waals surface area contributed by atoms with Crippen LogP contribution >= 0.6 is 0 Å². The molecule has 13 heteroatoms. The van der Waals surface area contributed by atoms with Gasteiger partial charge in [0.05, 0.1) is 12.6 Å². The normalized spacial score (nSPS) is 28.8. The zero-order chi connectivity index (χ0) is 25.7. The standard InChI is InChI=1S/C23H18F5N3O5/c24-8-1-2-9(13(25)3-8)20(23(26,27)28)29-21(34)12-6-30-7-16-31(22(35)17(30)19(33)18(12)32)14-5-15(36-16)11-4-10(11)14/h1-3,6,10-11,14-16,20,33H,4-5,7H2,(H,29,34)/t10-,11+,14?,15+,16-,20-/m0/s1. The van der Waals surface area contributed by atoms with Crippen LogP contribution in [-0.4, -0.2) is 50.9 Å². The molecule has 2 aliphatic heterocycles. The summed E-state index contributed by atoms with van der Waals surface area (Å²) >= 11 is 0. The highest BCUT2D eigenvalue weighted by molar-refractivity contribution is 5.99. The number of aromatic nitrogens is 1. The summed E-state index contributed by atoms with van der Waals surface area (Å²) in [6, 6.07) is -1.63. The van der Waals surface area contributed by atoms with Crippen molar-refractivity contribution in [1.82, 2.24) is 14.8 Å². The monoisotopic (exact) mass is 511 g/mol. The molecule has 6 rings (SSSR count). The summed E-state index contributed by atoms with van der Waals surface area (Å²) in [6.07, 6.45) is -3.47. The van der Waals surface area contributed by atoms with Gasteiger partial charge in [-0.05, 0) is 30.7 Å². The van der Waals surface area contributed by atoms with Gasteiger partial charge in [0.1, 0.15) is 17.2 Å². The average molecular weight is 511 g/mol. The number of nitrogens with one attached hydrogen (secondary N) is 1. The number of hydrogen-bond donors (Lipinski definition) is 2. The van der Waals surface area contributed by atoms with E-state index in [1.54, 1.807) is 5.32 Å². The van der Waals surface area contributed by atoms with Gasteiger partial charge in [0.25, 0.3) is 11.8 Å². The van der Waals surface area contributed by atoms with Gasteiger partial charge < -0.3 is 24.6 Å². The lowest BCUT2D eigenvalue weighted by Crippen LogP contribution is -2.58. The van der Waals surface area contributed by atoms with Crippen LogP contribution in [0, 0.1) is 23.5 Å². The number of amides is 2. The van der Waals surface area contributed by atoms with Crippen molar-refractivity contribution < 1.29 is 41.4 Å². The summed E-state index contributed by atoms with van der Waals surface area (Å²) in [5, 5.41) is 12.1. The summed E-state index contributed by atoms with van der Waals surface area (Å²) in [4.78, 5) is 40.3. The molecule has 1 aromatic heterocycles. The maximum Gasteiger partial charge on any atom is 0.412 e. The van der Waals surface area contributed by atoms with Gasteiger partial charge in [-0.3, -0.25) is 14.4 Å². The first-order valence-corrected chi connectivity index (χ1v) is 11.2. The number of nitrogens with zero attached hydrogens (tertiary/aromatic N) is 2. The first-order valence-electron chi connectivity index (χ1n) is 11.2. The molecule has 0 radical (unpaired) electrons. The van der Waals surface area contributed by atoms with E-state index < -0.39 is 64.2 Å². The molecule has 2 aromatic rings. The van der Waals surface area contributed by atoms with E-state index in [4.69, 9.17) is 4.74 Å². The van der Waals surface area contributed by atoms with Crippen LogP contribution in [0.2, 0.25) is 0 Å². The Kier molecular flexibility index (Phi) is 4.79. The van der Waals surface area contributed by atoms with E-state index in [2.05, 4.69) is 0 Å². The Labute approximate surface area is 199 Å². The molecule has 1 aromatic carbocycles. The van der Waals surface area contributed by atoms with Crippen molar-refractivity contribution in [2.24, 2.45) is 11.8 Å². The van der Waals surface area contributed by atoms with E-state index in [-0.39, 0.29) is 30.5 Å². The largest absolute Gasteiger partial charge is 0.503 e. The summed E-state index contributed by atoms with van der Waals surface area (Å²) < 4.78 is 75.5. The SMILES string of the molecule is O=C(N[C@@H](c1ccc(F)cc1F)C(F)(F)F)c1cn2c(c(O)c1=O)C(=O)N1C3C[C@@H](O[C@H]1C2)[C@@H]1C[C@H]31. The van der Waals surface area contributed by atoms with Gasteiger partial charge in [-0.2, -0.15) is 13.2 Å². The van der Waals surface area contributed by atoms with Gasteiger partial charge in [-0.25, -0.2) is 8.78 Å². The number of carbonyl (C=O) groups is 2. The molecule has 2 amide bonds.